The van der Waals surface area contributed by atoms with Gasteiger partial charge in [-0.1, -0.05) is 11.6 Å². The Kier molecular flexibility index (Phi) is 3.64. The van der Waals surface area contributed by atoms with E-state index >= 15 is 0 Å². The van der Waals surface area contributed by atoms with Gasteiger partial charge in [0.05, 0.1) is 16.1 Å². The fourth-order valence-electron chi connectivity index (χ4n) is 2.27. The number of halogens is 2. The van der Waals surface area contributed by atoms with Crippen molar-refractivity contribution in [2.45, 2.75) is 0 Å². The molecule has 0 aliphatic carbocycles. The van der Waals surface area contributed by atoms with Crippen molar-refractivity contribution < 1.29 is 14.3 Å². The summed E-state index contributed by atoms with van der Waals surface area (Å²) in [5.41, 5.74) is 1.84. The van der Waals surface area contributed by atoms with Gasteiger partial charge in [0, 0.05) is 16.8 Å². The van der Waals surface area contributed by atoms with Gasteiger partial charge in [-0.15, -0.1) is 0 Å². The summed E-state index contributed by atoms with van der Waals surface area (Å²) in [6, 6.07) is 10.8. The Labute approximate surface area is 134 Å². The highest BCUT2D eigenvalue weighted by atomic mass is 35.5. The number of fused-ring (bicyclic) bond motifs is 1. The molecule has 1 heterocycles. The third-order valence-corrected chi connectivity index (χ3v) is 3.63. The normalized spacial score (nSPS) is 10.5. The van der Waals surface area contributed by atoms with E-state index in [-0.39, 0.29) is 10.7 Å². The number of nitrogens with one attached hydrogen (secondary N) is 2. The smallest absolute Gasteiger partial charge is 0.352 e. The maximum absolute atomic E-state index is 13.2. The number of nitriles is 1. The first-order valence-corrected chi connectivity index (χ1v) is 6.88. The van der Waals surface area contributed by atoms with Crippen LogP contribution >= 0.6 is 11.6 Å². The average Bonchev–Trinajstić information content (AvgIpc) is 2.97. The third kappa shape index (κ3) is 2.70. The number of anilines is 2. The predicted molar refractivity (Wildman–Crippen MR) is 84.7 cm³/mol. The second-order valence-corrected chi connectivity index (χ2v) is 5.21. The van der Waals surface area contributed by atoms with E-state index in [0.717, 1.165) is 0 Å². The molecule has 3 N–H and O–H groups in total. The first-order chi connectivity index (χ1) is 11.0. The summed E-state index contributed by atoms with van der Waals surface area (Å²) >= 11 is 5.75. The molecule has 1 aromatic heterocycles. The maximum Gasteiger partial charge on any atom is 0.352 e. The number of carbonyl (C=O) groups is 1. The number of carboxylic acids is 1. The van der Waals surface area contributed by atoms with Crippen LogP contribution in [0.2, 0.25) is 5.02 Å². The first-order valence-electron chi connectivity index (χ1n) is 6.51. The molecular weight excluding hydrogens is 321 g/mol. The lowest BCUT2D eigenvalue weighted by Gasteiger charge is -2.09. The van der Waals surface area contributed by atoms with E-state index in [1.807, 2.05) is 6.07 Å². The third-order valence-electron chi connectivity index (χ3n) is 3.34. The van der Waals surface area contributed by atoms with Gasteiger partial charge in [-0.3, -0.25) is 0 Å². The first kappa shape index (κ1) is 14.9. The SMILES string of the molecule is N#Cc1ccc(Nc2ccc(F)c(Cl)c2)c2cc(C(=O)O)[nH]c12. The molecule has 114 valence electrons. The Bertz CT molecular complexity index is 975. The molecule has 0 unspecified atom stereocenters. The van der Waals surface area contributed by atoms with Gasteiger partial charge in [-0.25, -0.2) is 9.18 Å². The Balaban J connectivity index is 2.12. The van der Waals surface area contributed by atoms with Crippen molar-refractivity contribution in [1.82, 2.24) is 4.98 Å². The minimum Gasteiger partial charge on any atom is -0.477 e. The van der Waals surface area contributed by atoms with Crippen LogP contribution < -0.4 is 5.32 Å². The highest BCUT2D eigenvalue weighted by Gasteiger charge is 2.14. The molecule has 3 rings (SSSR count). The molecule has 5 nitrogen and oxygen atoms in total. The molecule has 0 saturated carbocycles. The van der Waals surface area contributed by atoms with Gasteiger partial charge in [0.25, 0.3) is 0 Å². The summed E-state index contributed by atoms with van der Waals surface area (Å²) in [6.45, 7) is 0. The van der Waals surface area contributed by atoms with Crippen molar-refractivity contribution in [3.05, 3.63) is 58.5 Å². The molecule has 0 bridgehead atoms. The summed E-state index contributed by atoms with van der Waals surface area (Å²) in [6.07, 6.45) is 0. The number of hydrogen-bond donors (Lipinski definition) is 3. The van der Waals surface area contributed by atoms with Gasteiger partial charge < -0.3 is 15.4 Å². The van der Waals surface area contributed by atoms with Crippen molar-refractivity contribution in [2.24, 2.45) is 0 Å². The zero-order valence-electron chi connectivity index (χ0n) is 11.5. The molecule has 0 saturated heterocycles. The number of aromatic carboxylic acids is 1. The van der Waals surface area contributed by atoms with Gasteiger partial charge in [0.2, 0.25) is 0 Å². The van der Waals surface area contributed by atoms with Gasteiger partial charge in [0.15, 0.2) is 0 Å². The van der Waals surface area contributed by atoms with E-state index in [9.17, 15) is 9.18 Å². The van der Waals surface area contributed by atoms with Crippen molar-refractivity contribution in [3.8, 4) is 6.07 Å². The number of aromatic amines is 1. The average molecular weight is 330 g/mol. The predicted octanol–water partition coefficient (Wildman–Crippen LogP) is 4.27. The van der Waals surface area contributed by atoms with Crippen LogP contribution in [0, 0.1) is 17.1 Å². The van der Waals surface area contributed by atoms with Crippen LogP contribution in [0.1, 0.15) is 16.1 Å². The second kappa shape index (κ2) is 5.63. The van der Waals surface area contributed by atoms with Crippen molar-refractivity contribution in [3.63, 3.8) is 0 Å². The fraction of sp³-hybridized carbons (Fsp3) is 0. The van der Waals surface area contributed by atoms with Crippen LogP contribution in [-0.4, -0.2) is 16.1 Å². The molecule has 7 heteroatoms. The highest BCUT2D eigenvalue weighted by molar-refractivity contribution is 6.31. The highest BCUT2D eigenvalue weighted by Crippen LogP contribution is 2.30. The summed E-state index contributed by atoms with van der Waals surface area (Å²) in [4.78, 5) is 13.8. The van der Waals surface area contributed by atoms with Gasteiger partial charge in [0.1, 0.15) is 17.6 Å². The zero-order chi connectivity index (χ0) is 16.6. The number of H-pyrrole nitrogens is 1. The summed E-state index contributed by atoms with van der Waals surface area (Å²) < 4.78 is 13.2. The van der Waals surface area contributed by atoms with E-state index in [4.69, 9.17) is 22.0 Å². The number of carboxylic acid groups (broad SMARTS) is 1. The standard InChI is InChI=1S/C16H9ClFN3O2/c17-11-5-9(2-3-12(11)18)20-13-4-1-8(7-19)15-10(13)6-14(21-15)16(22)23/h1-6,20-21H,(H,22,23). The van der Waals surface area contributed by atoms with Crippen LogP contribution in [0.4, 0.5) is 15.8 Å². The molecule has 2 aromatic carbocycles. The molecule has 0 atom stereocenters. The Morgan fingerprint density at radius 2 is 2.09 bits per heavy atom. The Morgan fingerprint density at radius 3 is 2.74 bits per heavy atom. The maximum atomic E-state index is 13.2. The Hall–Kier alpha value is -3.04. The van der Waals surface area contributed by atoms with E-state index in [1.165, 1.54) is 24.3 Å². The van der Waals surface area contributed by atoms with Gasteiger partial charge in [-0.2, -0.15) is 5.26 Å². The lowest BCUT2D eigenvalue weighted by molar-refractivity contribution is 0.0691. The van der Waals surface area contributed by atoms with Crippen LogP contribution in [-0.2, 0) is 0 Å². The van der Waals surface area contributed by atoms with Crippen molar-refractivity contribution in [1.29, 1.82) is 5.26 Å². The number of aromatic nitrogens is 1. The molecule has 0 amide bonds. The molecule has 0 fully saturated rings. The summed E-state index contributed by atoms with van der Waals surface area (Å²) in [5.74, 6) is -1.65. The van der Waals surface area contributed by atoms with Crippen LogP contribution in [0.5, 0.6) is 0 Å². The summed E-state index contributed by atoms with van der Waals surface area (Å²) in [7, 11) is 0. The van der Waals surface area contributed by atoms with Crippen LogP contribution in [0.15, 0.2) is 36.4 Å². The van der Waals surface area contributed by atoms with E-state index < -0.39 is 11.8 Å². The molecule has 0 aliphatic rings. The van der Waals surface area contributed by atoms with Crippen molar-refractivity contribution in [2.75, 3.05) is 5.32 Å². The minimum absolute atomic E-state index is 0.0251. The van der Waals surface area contributed by atoms with Crippen LogP contribution in [0.25, 0.3) is 10.9 Å². The lowest BCUT2D eigenvalue weighted by Crippen LogP contribution is -1.95. The number of nitrogens with zero attached hydrogens (tertiary/aromatic N) is 1. The number of hydrogen-bond acceptors (Lipinski definition) is 3. The number of rotatable bonds is 3. The molecule has 23 heavy (non-hydrogen) atoms. The zero-order valence-corrected chi connectivity index (χ0v) is 12.3. The Morgan fingerprint density at radius 1 is 1.30 bits per heavy atom. The quantitative estimate of drug-likeness (QED) is 0.669. The monoisotopic (exact) mass is 329 g/mol. The van der Waals surface area contributed by atoms with E-state index in [1.54, 1.807) is 12.1 Å². The topological polar surface area (TPSA) is 88.9 Å². The second-order valence-electron chi connectivity index (χ2n) is 4.80. The fourth-order valence-corrected chi connectivity index (χ4v) is 2.45. The number of benzene rings is 2. The van der Waals surface area contributed by atoms with E-state index in [0.29, 0.717) is 27.8 Å². The molecule has 3 aromatic rings. The summed E-state index contributed by atoms with van der Waals surface area (Å²) in [5, 5.41) is 21.8. The largest absolute Gasteiger partial charge is 0.477 e. The molecule has 0 radical (unpaired) electrons. The minimum atomic E-state index is -1.12. The molecule has 0 aliphatic heterocycles. The van der Waals surface area contributed by atoms with E-state index in [2.05, 4.69) is 10.3 Å². The van der Waals surface area contributed by atoms with Gasteiger partial charge in [-0.05, 0) is 36.4 Å². The van der Waals surface area contributed by atoms with Crippen molar-refractivity contribution >= 4 is 39.8 Å². The van der Waals surface area contributed by atoms with Gasteiger partial charge >= 0.3 is 5.97 Å². The molecular formula is C16H9ClFN3O2. The van der Waals surface area contributed by atoms with Crippen LogP contribution in [0.3, 0.4) is 0 Å². The lowest BCUT2D eigenvalue weighted by atomic mass is 10.1. The molecule has 0 spiro atoms.